The second-order valence-corrected chi connectivity index (χ2v) is 5.37. The standard InChI is InChI=1S/C19H18N2O3/c1-14-6-8-16(9-7-14)24-13-18(22)21-12-15-4-2-10-20-19(15)17-5-3-11-23-17/h2-11H,12-13H2,1H3,(H,21,22). The molecule has 0 aliphatic heterocycles. The molecule has 0 aliphatic carbocycles. The molecular weight excluding hydrogens is 304 g/mol. The Morgan fingerprint density at radius 2 is 2.00 bits per heavy atom. The van der Waals surface area contributed by atoms with E-state index < -0.39 is 0 Å². The van der Waals surface area contributed by atoms with Crippen LogP contribution >= 0.6 is 0 Å². The predicted molar refractivity (Wildman–Crippen MR) is 90.5 cm³/mol. The Bertz CT molecular complexity index is 796. The van der Waals surface area contributed by atoms with Crippen molar-refractivity contribution in [1.82, 2.24) is 10.3 Å². The fraction of sp³-hybridized carbons (Fsp3) is 0.158. The van der Waals surface area contributed by atoms with Gasteiger partial charge in [-0.05, 0) is 37.3 Å². The topological polar surface area (TPSA) is 64.4 Å². The summed E-state index contributed by atoms with van der Waals surface area (Å²) < 4.78 is 10.8. The Morgan fingerprint density at radius 1 is 1.17 bits per heavy atom. The van der Waals surface area contributed by atoms with Gasteiger partial charge in [0.15, 0.2) is 12.4 Å². The van der Waals surface area contributed by atoms with Crippen molar-refractivity contribution < 1.29 is 13.9 Å². The van der Waals surface area contributed by atoms with Crippen molar-refractivity contribution in [3.63, 3.8) is 0 Å². The smallest absolute Gasteiger partial charge is 0.258 e. The summed E-state index contributed by atoms with van der Waals surface area (Å²) in [5.41, 5.74) is 2.76. The van der Waals surface area contributed by atoms with Gasteiger partial charge in [0.1, 0.15) is 11.4 Å². The minimum absolute atomic E-state index is 0.0284. The lowest BCUT2D eigenvalue weighted by molar-refractivity contribution is -0.123. The van der Waals surface area contributed by atoms with Crippen LogP contribution in [0.15, 0.2) is 65.4 Å². The minimum atomic E-state index is -0.190. The number of aromatic nitrogens is 1. The Morgan fingerprint density at radius 3 is 2.75 bits per heavy atom. The van der Waals surface area contributed by atoms with Gasteiger partial charge in [0, 0.05) is 18.3 Å². The number of hydrogen-bond donors (Lipinski definition) is 1. The van der Waals surface area contributed by atoms with Crippen molar-refractivity contribution >= 4 is 5.91 Å². The molecule has 0 bridgehead atoms. The Hall–Kier alpha value is -3.08. The number of carbonyl (C=O) groups is 1. The lowest BCUT2D eigenvalue weighted by atomic mass is 10.1. The molecule has 2 aromatic heterocycles. The number of benzene rings is 1. The van der Waals surface area contributed by atoms with E-state index in [2.05, 4.69) is 10.3 Å². The second kappa shape index (κ2) is 7.46. The molecule has 3 aromatic rings. The van der Waals surface area contributed by atoms with Crippen molar-refractivity contribution in [1.29, 1.82) is 0 Å². The summed E-state index contributed by atoms with van der Waals surface area (Å²) in [6, 6.07) is 15.0. The number of nitrogens with one attached hydrogen (secondary N) is 1. The number of aryl methyl sites for hydroxylation is 1. The number of amides is 1. The van der Waals surface area contributed by atoms with Crippen molar-refractivity contribution in [2.75, 3.05) is 6.61 Å². The number of carbonyl (C=O) groups excluding carboxylic acids is 1. The maximum Gasteiger partial charge on any atom is 0.258 e. The van der Waals surface area contributed by atoms with E-state index in [0.29, 0.717) is 18.1 Å². The maximum absolute atomic E-state index is 12.0. The molecular formula is C19H18N2O3. The first-order chi connectivity index (χ1) is 11.7. The quantitative estimate of drug-likeness (QED) is 0.756. The van der Waals surface area contributed by atoms with E-state index in [9.17, 15) is 4.79 Å². The van der Waals surface area contributed by atoms with Gasteiger partial charge in [-0.2, -0.15) is 0 Å². The zero-order valence-electron chi connectivity index (χ0n) is 13.4. The molecule has 5 heteroatoms. The zero-order chi connectivity index (χ0) is 16.8. The van der Waals surface area contributed by atoms with Gasteiger partial charge in [-0.25, -0.2) is 0 Å². The average Bonchev–Trinajstić information content (AvgIpc) is 3.14. The zero-order valence-corrected chi connectivity index (χ0v) is 13.4. The molecule has 0 atom stereocenters. The van der Waals surface area contributed by atoms with Gasteiger partial charge in [0.25, 0.3) is 5.91 Å². The molecule has 3 rings (SSSR count). The molecule has 0 saturated heterocycles. The average molecular weight is 322 g/mol. The van der Waals surface area contributed by atoms with Gasteiger partial charge in [0.2, 0.25) is 0 Å². The summed E-state index contributed by atoms with van der Waals surface area (Å²) in [6.45, 7) is 2.33. The van der Waals surface area contributed by atoms with Crippen molar-refractivity contribution in [2.45, 2.75) is 13.5 Å². The fourth-order valence-corrected chi connectivity index (χ4v) is 2.24. The highest BCUT2D eigenvalue weighted by atomic mass is 16.5. The van der Waals surface area contributed by atoms with Crippen LogP contribution in [0, 0.1) is 6.92 Å². The molecule has 122 valence electrons. The molecule has 0 saturated carbocycles. The first-order valence-electron chi connectivity index (χ1n) is 7.66. The lowest BCUT2D eigenvalue weighted by Gasteiger charge is -2.09. The maximum atomic E-state index is 12.0. The number of furan rings is 1. The molecule has 1 amide bonds. The summed E-state index contributed by atoms with van der Waals surface area (Å²) in [7, 11) is 0. The second-order valence-electron chi connectivity index (χ2n) is 5.37. The van der Waals surface area contributed by atoms with Crippen molar-refractivity contribution in [3.8, 4) is 17.2 Å². The van der Waals surface area contributed by atoms with Gasteiger partial charge in [-0.15, -0.1) is 0 Å². The van der Waals surface area contributed by atoms with E-state index >= 15 is 0 Å². The van der Waals surface area contributed by atoms with Crippen LogP contribution in [-0.4, -0.2) is 17.5 Å². The molecule has 0 aliphatic rings. The molecule has 0 unspecified atom stereocenters. The monoisotopic (exact) mass is 322 g/mol. The molecule has 1 aromatic carbocycles. The first-order valence-corrected chi connectivity index (χ1v) is 7.66. The van der Waals surface area contributed by atoms with Gasteiger partial charge in [-0.1, -0.05) is 23.8 Å². The summed E-state index contributed by atoms with van der Waals surface area (Å²) in [6.07, 6.45) is 3.30. The van der Waals surface area contributed by atoms with Gasteiger partial charge in [0.05, 0.1) is 6.26 Å². The van der Waals surface area contributed by atoms with E-state index in [1.807, 2.05) is 55.5 Å². The highest BCUT2D eigenvalue weighted by Gasteiger charge is 2.10. The van der Waals surface area contributed by atoms with E-state index in [4.69, 9.17) is 9.15 Å². The molecule has 5 nitrogen and oxygen atoms in total. The van der Waals surface area contributed by atoms with E-state index in [1.165, 1.54) is 0 Å². The number of rotatable bonds is 6. The van der Waals surface area contributed by atoms with Crippen LogP contribution in [0.1, 0.15) is 11.1 Å². The Kier molecular flexibility index (Phi) is 4.91. The lowest BCUT2D eigenvalue weighted by Crippen LogP contribution is -2.28. The molecule has 0 fully saturated rings. The molecule has 24 heavy (non-hydrogen) atoms. The fourth-order valence-electron chi connectivity index (χ4n) is 2.24. The SMILES string of the molecule is Cc1ccc(OCC(=O)NCc2cccnc2-c2ccco2)cc1. The largest absolute Gasteiger partial charge is 0.484 e. The van der Waals surface area contributed by atoms with Crippen LogP contribution < -0.4 is 10.1 Å². The summed E-state index contributed by atoms with van der Waals surface area (Å²) in [5.74, 6) is 1.16. The third kappa shape index (κ3) is 4.01. The number of nitrogens with zero attached hydrogens (tertiary/aromatic N) is 1. The van der Waals surface area contributed by atoms with Crippen LogP contribution in [0.5, 0.6) is 5.75 Å². The molecule has 2 heterocycles. The summed E-state index contributed by atoms with van der Waals surface area (Å²) >= 11 is 0. The highest BCUT2D eigenvalue weighted by Crippen LogP contribution is 2.21. The molecule has 0 radical (unpaired) electrons. The van der Waals surface area contributed by atoms with E-state index in [1.54, 1.807) is 12.5 Å². The van der Waals surface area contributed by atoms with Crippen LogP contribution in [0.4, 0.5) is 0 Å². The van der Waals surface area contributed by atoms with Gasteiger partial charge in [-0.3, -0.25) is 9.78 Å². The van der Waals surface area contributed by atoms with Gasteiger partial charge < -0.3 is 14.5 Å². The van der Waals surface area contributed by atoms with Crippen LogP contribution in [0.2, 0.25) is 0 Å². The van der Waals surface area contributed by atoms with Crippen LogP contribution in [-0.2, 0) is 11.3 Å². The molecule has 0 spiro atoms. The van der Waals surface area contributed by atoms with Crippen LogP contribution in [0.3, 0.4) is 0 Å². The van der Waals surface area contributed by atoms with E-state index in [-0.39, 0.29) is 12.5 Å². The third-order valence-electron chi connectivity index (χ3n) is 3.51. The minimum Gasteiger partial charge on any atom is -0.484 e. The number of hydrogen-bond acceptors (Lipinski definition) is 4. The van der Waals surface area contributed by atoms with Crippen LogP contribution in [0.25, 0.3) is 11.5 Å². The van der Waals surface area contributed by atoms with Crippen molar-refractivity contribution in [3.05, 3.63) is 72.1 Å². The summed E-state index contributed by atoms with van der Waals surface area (Å²) in [5, 5.41) is 2.84. The Labute approximate surface area is 140 Å². The normalized spacial score (nSPS) is 10.4. The van der Waals surface area contributed by atoms with Crippen molar-refractivity contribution in [2.24, 2.45) is 0 Å². The number of ether oxygens (including phenoxy) is 1. The predicted octanol–water partition coefficient (Wildman–Crippen LogP) is 3.35. The Balaban J connectivity index is 1.56. The summed E-state index contributed by atoms with van der Waals surface area (Å²) in [4.78, 5) is 16.3. The first kappa shape index (κ1) is 15.8. The van der Waals surface area contributed by atoms with E-state index in [0.717, 1.165) is 16.8 Å². The number of pyridine rings is 1. The van der Waals surface area contributed by atoms with Gasteiger partial charge >= 0.3 is 0 Å². The highest BCUT2D eigenvalue weighted by molar-refractivity contribution is 5.77. The third-order valence-corrected chi connectivity index (χ3v) is 3.51. The molecule has 1 N–H and O–H groups in total.